The van der Waals surface area contributed by atoms with Gasteiger partial charge in [0.05, 0.1) is 11.2 Å². The van der Waals surface area contributed by atoms with E-state index in [0.717, 1.165) is 33.2 Å². The second-order valence-corrected chi connectivity index (χ2v) is 5.91. The van der Waals surface area contributed by atoms with Gasteiger partial charge in [0, 0.05) is 22.7 Å². The standard InChI is InChI=1S/C13H13N3OS2/c1-9-2-3-10(14-4-9)5-19-13-15-11-6-18-7-12(11)16(13)8-17/h2-4,6-7,17H,5,8H2,1H3. The Morgan fingerprint density at radius 3 is 3.00 bits per heavy atom. The van der Waals surface area contributed by atoms with Gasteiger partial charge in [-0.15, -0.1) is 11.3 Å². The van der Waals surface area contributed by atoms with E-state index >= 15 is 0 Å². The van der Waals surface area contributed by atoms with Gasteiger partial charge in [-0.1, -0.05) is 17.8 Å². The van der Waals surface area contributed by atoms with Crippen LogP contribution in [-0.4, -0.2) is 19.6 Å². The van der Waals surface area contributed by atoms with Crippen molar-refractivity contribution in [3.8, 4) is 0 Å². The van der Waals surface area contributed by atoms with Crippen LogP contribution in [0.25, 0.3) is 11.0 Å². The topological polar surface area (TPSA) is 50.9 Å². The molecule has 0 atom stereocenters. The van der Waals surface area contributed by atoms with Crippen LogP contribution in [-0.2, 0) is 12.5 Å². The lowest BCUT2D eigenvalue weighted by Crippen LogP contribution is -1.98. The molecule has 0 aliphatic rings. The number of aromatic nitrogens is 3. The molecule has 98 valence electrons. The minimum Gasteiger partial charge on any atom is -0.376 e. The summed E-state index contributed by atoms with van der Waals surface area (Å²) in [5.74, 6) is 0.753. The van der Waals surface area contributed by atoms with Crippen molar-refractivity contribution in [2.75, 3.05) is 0 Å². The number of nitrogens with zero attached hydrogens (tertiary/aromatic N) is 3. The third-order valence-corrected chi connectivity index (χ3v) is 4.55. The summed E-state index contributed by atoms with van der Waals surface area (Å²) in [5, 5.41) is 14.3. The third kappa shape index (κ3) is 2.51. The number of thiophene rings is 1. The summed E-state index contributed by atoms with van der Waals surface area (Å²) in [6.45, 7) is 1.98. The van der Waals surface area contributed by atoms with E-state index in [1.165, 1.54) is 0 Å². The number of aliphatic hydroxyl groups excluding tert-OH is 1. The number of imidazole rings is 1. The van der Waals surface area contributed by atoms with Crippen molar-refractivity contribution in [1.82, 2.24) is 14.5 Å². The van der Waals surface area contributed by atoms with Gasteiger partial charge in [-0.3, -0.25) is 9.55 Å². The van der Waals surface area contributed by atoms with Crippen LogP contribution in [0.5, 0.6) is 0 Å². The van der Waals surface area contributed by atoms with Crippen molar-refractivity contribution in [2.45, 2.75) is 24.6 Å². The zero-order chi connectivity index (χ0) is 13.2. The Hall–Kier alpha value is -1.37. The molecule has 19 heavy (non-hydrogen) atoms. The van der Waals surface area contributed by atoms with Gasteiger partial charge in [0.15, 0.2) is 5.16 Å². The largest absolute Gasteiger partial charge is 0.376 e. The van der Waals surface area contributed by atoms with Crippen LogP contribution >= 0.6 is 23.1 Å². The Balaban J connectivity index is 1.81. The van der Waals surface area contributed by atoms with E-state index < -0.39 is 0 Å². The zero-order valence-corrected chi connectivity index (χ0v) is 12.0. The maximum absolute atomic E-state index is 9.46. The van der Waals surface area contributed by atoms with Crippen LogP contribution in [0, 0.1) is 6.92 Å². The second-order valence-electron chi connectivity index (χ2n) is 4.22. The van der Waals surface area contributed by atoms with Crippen molar-refractivity contribution >= 4 is 34.1 Å². The zero-order valence-electron chi connectivity index (χ0n) is 10.4. The fourth-order valence-corrected chi connectivity index (χ4v) is 3.47. The molecule has 4 nitrogen and oxygen atoms in total. The van der Waals surface area contributed by atoms with E-state index in [1.54, 1.807) is 23.1 Å². The predicted molar refractivity (Wildman–Crippen MR) is 78.4 cm³/mol. The molecular formula is C13H13N3OS2. The van der Waals surface area contributed by atoms with Crippen molar-refractivity contribution in [2.24, 2.45) is 0 Å². The van der Waals surface area contributed by atoms with Crippen LogP contribution in [0.2, 0.25) is 0 Å². The molecule has 0 saturated heterocycles. The first kappa shape index (κ1) is 12.7. The molecule has 0 unspecified atom stereocenters. The number of aliphatic hydroxyl groups is 1. The molecular weight excluding hydrogens is 278 g/mol. The van der Waals surface area contributed by atoms with Gasteiger partial charge in [-0.2, -0.15) is 0 Å². The molecule has 0 saturated carbocycles. The van der Waals surface area contributed by atoms with Gasteiger partial charge in [0.1, 0.15) is 12.2 Å². The first-order valence-corrected chi connectivity index (χ1v) is 7.78. The molecule has 3 heterocycles. The van der Waals surface area contributed by atoms with Gasteiger partial charge in [0.25, 0.3) is 0 Å². The highest BCUT2D eigenvalue weighted by atomic mass is 32.2. The van der Waals surface area contributed by atoms with E-state index in [1.807, 2.05) is 34.5 Å². The van der Waals surface area contributed by atoms with Crippen LogP contribution in [0.4, 0.5) is 0 Å². The lowest BCUT2D eigenvalue weighted by atomic mass is 10.3. The fourth-order valence-electron chi connectivity index (χ4n) is 1.80. The number of pyridine rings is 1. The molecule has 3 aromatic rings. The third-order valence-electron chi connectivity index (χ3n) is 2.82. The number of fused-ring (bicyclic) bond motifs is 1. The minimum absolute atomic E-state index is 0.0447. The Morgan fingerprint density at radius 1 is 1.37 bits per heavy atom. The van der Waals surface area contributed by atoms with Crippen LogP contribution in [0.1, 0.15) is 11.3 Å². The first-order chi connectivity index (χ1) is 9.28. The van der Waals surface area contributed by atoms with Crippen molar-refractivity contribution in [3.05, 3.63) is 40.3 Å². The molecule has 0 radical (unpaired) electrons. The highest BCUT2D eigenvalue weighted by Crippen LogP contribution is 2.28. The Morgan fingerprint density at radius 2 is 2.26 bits per heavy atom. The molecule has 0 aromatic carbocycles. The van der Waals surface area contributed by atoms with Gasteiger partial charge in [-0.25, -0.2) is 4.98 Å². The molecule has 0 aliphatic heterocycles. The second kappa shape index (κ2) is 5.32. The first-order valence-electron chi connectivity index (χ1n) is 5.85. The molecule has 3 rings (SSSR count). The lowest BCUT2D eigenvalue weighted by molar-refractivity contribution is 0.205. The summed E-state index contributed by atoms with van der Waals surface area (Å²) in [7, 11) is 0. The number of hydrogen-bond donors (Lipinski definition) is 1. The Labute approximate surface area is 119 Å². The highest BCUT2D eigenvalue weighted by Gasteiger charge is 2.11. The van der Waals surface area contributed by atoms with E-state index in [2.05, 4.69) is 16.0 Å². The molecule has 0 spiro atoms. The van der Waals surface area contributed by atoms with Gasteiger partial charge < -0.3 is 5.11 Å². The summed E-state index contributed by atoms with van der Waals surface area (Å²) >= 11 is 3.19. The maximum Gasteiger partial charge on any atom is 0.171 e. The smallest absolute Gasteiger partial charge is 0.171 e. The summed E-state index contributed by atoms with van der Waals surface area (Å²) < 4.78 is 1.82. The number of aryl methyl sites for hydroxylation is 1. The van der Waals surface area contributed by atoms with Crippen LogP contribution < -0.4 is 0 Å². The van der Waals surface area contributed by atoms with E-state index in [4.69, 9.17) is 0 Å². The molecule has 0 amide bonds. The van der Waals surface area contributed by atoms with Crippen LogP contribution in [0.3, 0.4) is 0 Å². The van der Waals surface area contributed by atoms with Crippen molar-refractivity contribution < 1.29 is 5.11 Å². The Kier molecular flexibility index (Phi) is 3.54. The average molecular weight is 291 g/mol. The molecule has 6 heteroatoms. The summed E-state index contributed by atoms with van der Waals surface area (Å²) in [6, 6.07) is 4.08. The number of thioether (sulfide) groups is 1. The van der Waals surface area contributed by atoms with E-state index in [-0.39, 0.29) is 6.73 Å². The van der Waals surface area contributed by atoms with E-state index in [0.29, 0.717) is 0 Å². The van der Waals surface area contributed by atoms with Crippen LogP contribution in [0.15, 0.2) is 34.2 Å². The Bertz CT molecular complexity index is 688. The summed E-state index contributed by atoms with van der Waals surface area (Å²) in [6.07, 6.45) is 1.87. The molecule has 1 N–H and O–H groups in total. The molecule has 0 fully saturated rings. The monoisotopic (exact) mass is 291 g/mol. The summed E-state index contributed by atoms with van der Waals surface area (Å²) in [5.41, 5.74) is 4.11. The average Bonchev–Trinajstić information content (AvgIpc) is 2.98. The summed E-state index contributed by atoms with van der Waals surface area (Å²) in [4.78, 5) is 8.90. The normalized spacial score (nSPS) is 11.3. The van der Waals surface area contributed by atoms with E-state index in [9.17, 15) is 5.11 Å². The molecule has 3 aromatic heterocycles. The minimum atomic E-state index is -0.0447. The predicted octanol–water partition coefficient (Wildman–Crippen LogP) is 3.04. The SMILES string of the molecule is Cc1ccc(CSc2nc3cscc3n2CO)nc1. The fraction of sp³-hybridized carbons (Fsp3) is 0.231. The van der Waals surface area contributed by atoms with Gasteiger partial charge in [0.2, 0.25) is 0 Å². The molecule has 0 aliphatic carbocycles. The molecule has 0 bridgehead atoms. The van der Waals surface area contributed by atoms with Crippen molar-refractivity contribution in [1.29, 1.82) is 0 Å². The quantitative estimate of drug-likeness (QED) is 0.751. The van der Waals surface area contributed by atoms with Gasteiger partial charge in [-0.05, 0) is 18.6 Å². The van der Waals surface area contributed by atoms with Gasteiger partial charge >= 0.3 is 0 Å². The number of rotatable bonds is 4. The number of hydrogen-bond acceptors (Lipinski definition) is 5. The van der Waals surface area contributed by atoms with Crippen molar-refractivity contribution in [3.63, 3.8) is 0 Å². The lowest BCUT2D eigenvalue weighted by Gasteiger charge is -2.04. The highest BCUT2D eigenvalue weighted by molar-refractivity contribution is 7.98. The maximum atomic E-state index is 9.46.